The lowest BCUT2D eigenvalue weighted by atomic mass is 10.1. The molecule has 0 aliphatic heterocycles. The highest BCUT2D eigenvalue weighted by Gasteiger charge is 2.22. The topological polar surface area (TPSA) is 46.3 Å². The van der Waals surface area contributed by atoms with Crippen molar-refractivity contribution in [1.29, 1.82) is 0 Å². The standard InChI is InChI=1S/C23H27FN2O2/c1-16(12-18-14-26-21-13-19(24)8-9-20(18)21)25-10-11-27-22-4-2-3-5-23(22)28-15-17-6-7-17/h2-5,8-9,13-14,16-17,25-26H,6-7,10-12,15H2,1H3. The fourth-order valence-corrected chi connectivity index (χ4v) is 3.38. The summed E-state index contributed by atoms with van der Waals surface area (Å²) in [5.74, 6) is 2.13. The number of aromatic amines is 1. The van der Waals surface area contributed by atoms with Crippen LogP contribution in [0.25, 0.3) is 10.9 Å². The molecule has 1 aliphatic carbocycles. The van der Waals surface area contributed by atoms with Crippen LogP contribution in [0, 0.1) is 11.7 Å². The van der Waals surface area contributed by atoms with Crippen molar-refractivity contribution in [3.05, 3.63) is 60.0 Å². The molecular formula is C23H27FN2O2. The molecule has 0 radical (unpaired) electrons. The minimum atomic E-state index is -0.217. The molecule has 5 heteroatoms. The predicted molar refractivity (Wildman–Crippen MR) is 110 cm³/mol. The van der Waals surface area contributed by atoms with Gasteiger partial charge in [-0.25, -0.2) is 4.39 Å². The molecule has 0 spiro atoms. The Kier molecular flexibility index (Phi) is 5.81. The molecule has 1 aromatic heterocycles. The lowest BCUT2D eigenvalue weighted by molar-refractivity contribution is 0.257. The maximum absolute atomic E-state index is 13.3. The van der Waals surface area contributed by atoms with E-state index >= 15 is 0 Å². The van der Waals surface area contributed by atoms with Crippen LogP contribution in [0.5, 0.6) is 11.5 Å². The van der Waals surface area contributed by atoms with Crippen LogP contribution in [0.3, 0.4) is 0 Å². The zero-order chi connectivity index (χ0) is 19.3. The first-order chi connectivity index (χ1) is 13.7. The smallest absolute Gasteiger partial charge is 0.161 e. The van der Waals surface area contributed by atoms with Crippen LogP contribution in [0.1, 0.15) is 25.3 Å². The van der Waals surface area contributed by atoms with E-state index in [1.165, 1.54) is 30.5 Å². The first-order valence-corrected chi connectivity index (χ1v) is 10.0. The average Bonchev–Trinajstić information content (AvgIpc) is 3.45. The fraction of sp³-hybridized carbons (Fsp3) is 0.391. The third kappa shape index (κ3) is 4.84. The number of fused-ring (bicyclic) bond motifs is 1. The van der Waals surface area contributed by atoms with E-state index in [4.69, 9.17) is 9.47 Å². The Hall–Kier alpha value is -2.53. The Morgan fingerprint density at radius 3 is 2.71 bits per heavy atom. The van der Waals surface area contributed by atoms with Crippen molar-refractivity contribution in [3.8, 4) is 11.5 Å². The lowest BCUT2D eigenvalue weighted by Gasteiger charge is -2.15. The van der Waals surface area contributed by atoms with Gasteiger partial charge in [-0.3, -0.25) is 0 Å². The molecule has 1 heterocycles. The van der Waals surface area contributed by atoms with Gasteiger partial charge in [0.25, 0.3) is 0 Å². The van der Waals surface area contributed by atoms with Crippen LogP contribution in [0.4, 0.5) is 4.39 Å². The van der Waals surface area contributed by atoms with Gasteiger partial charge in [0.15, 0.2) is 11.5 Å². The number of benzene rings is 2. The highest BCUT2D eigenvalue weighted by atomic mass is 19.1. The van der Waals surface area contributed by atoms with Crippen LogP contribution in [0.2, 0.25) is 0 Å². The number of ether oxygens (including phenoxy) is 2. The van der Waals surface area contributed by atoms with Crippen LogP contribution >= 0.6 is 0 Å². The number of nitrogens with one attached hydrogen (secondary N) is 2. The molecule has 1 unspecified atom stereocenters. The summed E-state index contributed by atoms with van der Waals surface area (Å²) in [5.41, 5.74) is 2.03. The number of H-pyrrole nitrogens is 1. The summed E-state index contributed by atoms with van der Waals surface area (Å²) in [5, 5.41) is 4.57. The summed E-state index contributed by atoms with van der Waals surface area (Å²) in [7, 11) is 0. The van der Waals surface area contributed by atoms with Crippen LogP contribution in [0.15, 0.2) is 48.7 Å². The minimum Gasteiger partial charge on any atom is -0.489 e. The van der Waals surface area contributed by atoms with E-state index in [9.17, 15) is 4.39 Å². The molecule has 3 aromatic rings. The Morgan fingerprint density at radius 2 is 1.93 bits per heavy atom. The van der Waals surface area contributed by atoms with Crippen molar-refractivity contribution in [2.75, 3.05) is 19.8 Å². The van der Waals surface area contributed by atoms with E-state index in [1.807, 2.05) is 36.5 Å². The largest absolute Gasteiger partial charge is 0.489 e. The molecule has 28 heavy (non-hydrogen) atoms. The molecule has 1 saturated carbocycles. The van der Waals surface area contributed by atoms with Crippen molar-refractivity contribution >= 4 is 10.9 Å². The van der Waals surface area contributed by atoms with Crippen molar-refractivity contribution in [2.45, 2.75) is 32.2 Å². The molecule has 2 N–H and O–H groups in total. The predicted octanol–water partition coefficient (Wildman–Crippen LogP) is 4.70. The van der Waals surface area contributed by atoms with Gasteiger partial charge in [0.05, 0.1) is 6.61 Å². The molecule has 148 valence electrons. The van der Waals surface area contributed by atoms with Gasteiger partial charge in [-0.05, 0) is 68.0 Å². The summed E-state index contributed by atoms with van der Waals surface area (Å²) in [6.45, 7) is 4.25. The normalized spacial score (nSPS) is 14.9. The molecule has 0 saturated heterocycles. The van der Waals surface area contributed by atoms with Gasteiger partial charge in [0.2, 0.25) is 0 Å². The van der Waals surface area contributed by atoms with Gasteiger partial charge < -0.3 is 19.8 Å². The van der Waals surface area contributed by atoms with Gasteiger partial charge in [-0.15, -0.1) is 0 Å². The van der Waals surface area contributed by atoms with E-state index in [0.29, 0.717) is 6.61 Å². The molecule has 1 fully saturated rings. The number of para-hydroxylation sites is 2. The van der Waals surface area contributed by atoms with E-state index in [-0.39, 0.29) is 11.9 Å². The van der Waals surface area contributed by atoms with Crippen LogP contribution in [-0.2, 0) is 6.42 Å². The summed E-state index contributed by atoms with van der Waals surface area (Å²) < 4.78 is 25.1. The fourth-order valence-electron chi connectivity index (χ4n) is 3.38. The quantitative estimate of drug-likeness (QED) is 0.500. The third-order valence-corrected chi connectivity index (χ3v) is 5.13. The molecule has 2 aromatic carbocycles. The Labute approximate surface area is 165 Å². The SMILES string of the molecule is CC(Cc1c[nH]c2cc(F)ccc12)NCCOc1ccccc1OCC1CC1. The second-order valence-electron chi connectivity index (χ2n) is 7.61. The molecule has 1 aliphatic rings. The Bertz CT molecular complexity index is 920. The van der Waals surface area contributed by atoms with E-state index < -0.39 is 0 Å². The maximum Gasteiger partial charge on any atom is 0.161 e. The van der Waals surface area contributed by atoms with Gasteiger partial charge in [-0.2, -0.15) is 0 Å². The van der Waals surface area contributed by atoms with E-state index in [2.05, 4.69) is 17.2 Å². The zero-order valence-corrected chi connectivity index (χ0v) is 16.2. The average molecular weight is 382 g/mol. The number of aromatic nitrogens is 1. The Balaban J connectivity index is 1.23. The summed E-state index contributed by atoms with van der Waals surface area (Å²) in [6, 6.07) is 13.0. The van der Waals surface area contributed by atoms with E-state index in [1.54, 1.807) is 0 Å². The third-order valence-electron chi connectivity index (χ3n) is 5.13. The Morgan fingerprint density at radius 1 is 1.14 bits per heavy atom. The first kappa shape index (κ1) is 18.8. The highest BCUT2D eigenvalue weighted by Crippen LogP contribution is 2.32. The maximum atomic E-state index is 13.3. The number of halogens is 1. The highest BCUT2D eigenvalue weighted by molar-refractivity contribution is 5.83. The second-order valence-corrected chi connectivity index (χ2v) is 7.61. The van der Waals surface area contributed by atoms with Gasteiger partial charge >= 0.3 is 0 Å². The molecule has 0 amide bonds. The summed E-state index contributed by atoms with van der Waals surface area (Å²) in [4.78, 5) is 3.15. The minimum absolute atomic E-state index is 0.217. The van der Waals surface area contributed by atoms with Crippen LogP contribution < -0.4 is 14.8 Å². The zero-order valence-electron chi connectivity index (χ0n) is 16.2. The molecule has 1 atom stereocenters. The number of rotatable bonds is 10. The second kappa shape index (κ2) is 8.65. The van der Waals surface area contributed by atoms with Crippen molar-refractivity contribution in [2.24, 2.45) is 5.92 Å². The lowest BCUT2D eigenvalue weighted by Crippen LogP contribution is -2.31. The molecular weight excluding hydrogens is 355 g/mol. The first-order valence-electron chi connectivity index (χ1n) is 10.0. The van der Waals surface area contributed by atoms with Gasteiger partial charge in [0.1, 0.15) is 12.4 Å². The van der Waals surface area contributed by atoms with Gasteiger partial charge in [0, 0.05) is 29.7 Å². The van der Waals surface area contributed by atoms with Crippen molar-refractivity contribution in [3.63, 3.8) is 0 Å². The monoisotopic (exact) mass is 382 g/mol. The number of hydrogen-bond acceptors (Lipinski definition) is 3. The van der Waals surface area contributed by atoms with Crippen LogP contribution in [-0.4, -0.2) is 30.8 Å². The molecule has 4 rings (SSSR count). The molecule has 0 bridgehead atoms. The number of hydrogen-bond donors (Lipinski definition) is 2. The van der Waals surface area contributed by atoms with Gasteiger partial charge in [-0.1, -0.05) is 12.1 Å². The molecule has 4 nitrogen and oxygen atoms in total. The van der Waals surface area contributed by atoms with Crippen molar-refractivity contribution in [1.82, 2.24) is 10.3 Å². The summed E-state index contributed by atoms with van der Waals surface area (Å²) >= 11 is 0. The van der Waals surface area contributed by atoms with E-state index in [0.717, 1.165) is 47.9 Å². The van der Waals surface area contributed by atoms with Crippen molar-refractivity contribution < 1.29 is 13.9 Å². The summed E-state index contributed by atoms with van der Waals surface area (Å²) in [6.07, 6.45) is 5.38.